The van der Waals surface area contributed by atoms with Crippen LogP contribution in [0.4, 0.5) is 0 Å². The van der Waals surface area contributed by atoms with Gasteiger partial charge < -0.3 is 0 Å². The normalized spacial score (nSPS) is 17.3. The standard InChI is InChI=1S/C9H11N/c1-7-4-5-10-6-9(7)8-2-3-8/h4-6,8H,2-3H2,1H3. The summed E-state index contributed by atoms with van der Waals surface area (Å²) in [6.45, 7) is 2.16. The van der Waals surface area contributed by atoms with Crippen LogP contribution in [0.2, 0.25) is 0 Å². The molecular weight excluding hydrogens is 122 g/mol. The van der Waals surface area contributed by atoms with E-state index in [-0.39, 0.29) is 0 Å². The van der Waals surface area contributed by atoms with Gasteiger partial charge in [0.05, 0.1) is 0 Å². The van der Waals surface area contributed by atoms with E-state index < -0.39 is 0 Å². The Morgan fingerprint density at radius 3 is 2.90 bits per heavy atom. The van der Waals surface area contributed by atoms with Crippen molar-refractivity contribution < 1.29 is 0 Å². The fourth-order valence-electron chi connectivity index (χ4n) is 1.30. The molecule has 1 heteroatoms. The average Bonchev–Trinajstić information content (AvgIpc) is 2.71. The van der Waals surface area contributed by atoms with Crippen molar-refractivity contribution in [2.75, 3.05) is 0 Å². The lowest BCUT2D eigenvalue weighted by Gasteiger charge is -1.99. The van der Waals surface area contributed by atoms with E-state index in [1.807, 2.05) is 12.4 Å². The molecule has 0 spiro atoms. The van der Waals surface area contributed by atoms with Gasteiger partial charge in [0.2, 0.25) is 0 Å². The van der Waals surface area contributed by atoms with Gasteiger partial charge in [-0.2, -0.15) is 0 Å². The summed E-state index contributed by atoms with van der Waals surface area (Å²) < 4.78 is 0. The molecule has 0 aliphatic heterocycles. The first-order valence-electron chi connectivity index (χ1n) is 3.78. The predicted octanol–water partition coefficient (Wildman–Crippen LogP) is 2.27. The van der Waals surface area contributed by atoms with Crippen molar-refractivity contribution in [3.05, 3.63) is 29.6 Å². The number of aryl methyl sites for hydroxylation is 1. The zero-order valence-electron chi connectivity index (χ0n) is 6.17. The molecule has 0 N–H and O–H groups in total. The molecule has 1 aromatic heterocycles. The summed E-state index contributed by atoms with van der Waals surface area (Å²) in [7, 11) is 0. The number of rotatable bonds is 1. The third kappa shape index (κ3) is 0.919. The Balaban J connectivity index is 2.39. The third-order valence-corrected chi connectivity index (χ3v) is 2.10. The zero-order valence-corrected chi connectivity index (χ0v) is 6.17. The number of hydrogen-bond donors (Lipinski definition) is 0. The highest BCUT2D eigenvalue weighted by molar-refractivity contribution is 5.28. The molecule has 1 aromatic rings. The highest BCUT2D eigenvalue weighted by Crippen LogP contribution is 2.40. The Kier molecular flexibility index (Phi) is 1.23. The Hall–Kier alpha value is -0.850. The summed E-state index contributed by atoms with van der Waals surface area (Å²) in [5.74, 6) is 0.841. The lowest BCUT2D eigenvalue weighted by atomic mass is 10.1. The second-order valence-electron chi connectivity index (χ2n) is 3.01. The summed E-state index contributed by atoms with van der Waals surface area (Å²) in [4.78, 5) is 4.11. The third-order valence-electron chi connectivity index (χ3n) is 2.10. The molecule has 0 atom stereocenters. The summed E-state index contributed by atoms with van der Waals surface area (Å²) in [5, 5.41) is 0. The number of nitrogens with zero attached hydrogens (tertiary/aromatic N) is 1. The van der Waals surface area contributed by atoms with Crippen LogP contribution < -0.4 is 0 Å². The first kappa shape index (κ1) is 5.90. The van der Waals surface area contributed by atoms with E-state index in [4.69, 9.17) is 0 Å². The minimum Gasteiger partial charge on any atom is -0.264 e. The largest absolute Gasteiger partial charge is 0.264 e. The summed E-state index contributed by atoms with van der Waals surface area (Å²) >= 11 is 0. The average molecular weight is 133 g/mol. The molecular formula is C9H11N. The van der Waals surface area contributed by atoms with E-state index in [1.165, 1.54) is 24.0 Å². The molecule has 52 valence electrons. The van der Waals surface area contributed by atoms with Crippen molar-refractivity contribution in [3.63, 3.8) is 0 Å². The molecule has 0 radical (unpaired) electrons. The van der Waals surface area contributed by atoms with E-state index in [0.29, 0.717) is 0 Å². The molecule has 1 fully saturated rings. The highest BCUT2D eigenvalue weighted by Gasteiger charge is 2.24. The smallest absolute Gasteiger partial charge is 0.0305 e. The molecule has 1 aliphatic carbocycles. The molecule has 10 heavy (non-hydrogen) atoms. The van der Waals surface area contributed by atoms with Gasteiger partial charge in [-0.05, 0) is 42.9 Å². The monoisotopic (exact) mass is 133 g/mol. The molecule has 0 aromatic carbocycles. The fraction of sp³-hybridized carbons (Fsp3) is 0.444. The number of hydrogen-bond acceptors (Lipinski definition) is 1. The second-order valence-corrected chi connectivity index (χ2v) is 3.01. The van der Waals surface area contributed by atoms with Gasteiger partial charge in [-0.3, -0.25) is 4.98 Å². The lowest BCUT2D eigenvalue weighted by Crippen LogP contribution is -1.85. The molecule has 2 rings (SSSR count). The molecule has 0 amide bonds. The van der Waals surface area contributed by atoms with E-state index in [0.717, 1.165) is 5.92 Å². The van der Waals surface area contributed by atoms with Crippen LogP contribution >= 0.6 is 0 Å². The molecule has 1 heterocycles. The molecule has 1 saturated carbocycles. The van der Waals surface area contributed by atoms with Crippen molar-refractivity contribution in [2.45, 2.75) is 25.7 Å². The maximum Gasteiger partial charge on any atom is 0.0305 e. The van der Waals surface area contributed by atoms with Crippen LogP contribution in [-0.2, 0) is 0 Å². The van der Waals surface area contributed by atoms with Crippen LogP contribution in [0.25, 0.3) is 0 Å². The zero-order chi connectivity index (χ0) is 6.97. The predicted molar refractivity (Wildman–Crippen MR) is 40.9 cm³/mol. The van der Waals surface area contributed by atoms with Crippen LogP contribution in [-0.4, -0.2) is 4.98 Å². The van der Waals surface area contributed by atoms with Crippen LogP contribution in [0, 0.1) is 6.92 Å². The molecule has 1 nitrogen and oxygen atoms in total. The van der Waals surface area contributed by atoms with Crippen LogP contribution in [0.3, 0.4) is 0 Å². The number of pyridine rings is 1. The Labute approximate surface area is 61.1 Å². The van der Waals surface area contributed by atoms with Gasteiger partial charge in [0.15, 0.2) is 0 Å². The second kappa shape index (κ2) is 2.08. The molecule has 0 bridgehead atoms. The van der Waals surface area contributed by atoms with Gasteiger partial charge >= 0.3 is 0 Å². The van der Waals surface area contributed by atoms with Gasteiger partial charge in [-0.1, -0.05) is 0 Å². The summed E-state index contributed by atoms with van der Waals surface area (Å²) in [5.41, 5.74) is 2.86. The molecule has 0 saturated heterocycles. The van der Waals surface area contributed by atoms with E-state index >= 15 is 0 Å². The van der Waals surface area contributed by atoms with Crippen molar-refractivity contribution >= 4 is 0 Å². The Morgan fingerprint density at radius 1 is 1.50 bits per heavy atom. The fourth-order valence-corrected chi connectivity index (χ4v) is 1.30. The van der Waals surface area contributed by atoms with E-state index in [1.54, 1.807) is 0 Å². The van der Waals surface area contributed by atoms with E-state index in [9.17, 15) is 0 Å². The Bertz CT molecular complexity index is 238. The summed E-state index contributed by atoms with van der Waals surface area (Å²) in [6.07, 6.45) is 6.60. The maximum absolute atomic E-state index is 4.11. The van der Waals surface area contributed by atoms with Gasteiger partial charge in [-0.15, -0.1) is 0 Å². The van der Waals surface area contributed by atoms with Gasteiger partial charge in [-0.25, -0.2) is 0 Å². The van der Waals surface area contributed by atoms with Crippen LogP contribution in [0.1, 0.15) is 29.9 Å². The van der Waals surface area contributed by atoms with Gasteiger partial charge in [0, 0.05) is 12.4 Å². The highest BCUT2D eigenvalue weighted by atomic mass is 14.6. The topological polar surface area (TPSA) is 12.9 Å². The first-order chi connectivity index (χ1) is 4.88. The molecule has 0 unspecified atom stereocenters. The van der Waals surface area contributed by atoms with Crippen molar-refractivity contribution in [1.29, 1.82) is 0 Å². The Morgan fingerprint density at radius 2 is 2.30 bits per heavy atom. The minimum atomic E-state index is 0.841. The van der Waals surface area contributed by atoms with Crippen molar-refractivity contribution in [1.82, 2.24) is 4.98 Å². The number of aromatic nitrogens is 1. The quantitative estimate of drug-likeness (QED) is 0.572. The van der Waals surface area contributed by atoms with Crippen molar-refractivity contribution in [2.24, 2.45) is 0 Å². The maximum atomic E-state index is 4.11. The first-order valence-corrected chi connectivity index (χ1v) is 3.78. The molecule has 1 aliphatic rings. The van der Waals surface area contributed by atoms with Gasteiger partial charge in [0.25, 0.3) is 0 Å². The SMILES string of the molecule is Cc1ccncc1C1CC1. The van der Waals surface area contributed by atoms with Crippen LogP contribution in [0.5, 0.6) is 0 Å². The lowest BCUT2D eigenvalue weighted by molar-refractivity contribution is 1.06. The van der Waals surface area contributed by atoms with Crippen LogP contribution in [0.15, 0.2) is 18.5 Å². The van der Waals surface area contributed by atoms with Gasteiger partial charge in [0.1, 0.15) is 0 Å². The van der Waals surface area contributed by atoms with Crippen molar-refractivity contribution in [3.8, 4) is 0 Å². The van der Waals surface area contributed by atoms with E-state index in [2.05, 4.69) is 18.0 Å². The minimum absolute atomic E-state index is 0.841. The summed E-state index contributed by atoms with van der Waals surface area (Å²) in [6, 6.07) is 2.09.